The van der Waals surface area contributed by atoms with Gasteiger partial charge < -0.3 is 9.64 Å². The van der Waals surface area contributed by atoms with Crippen molar-refractivity contribution in [1.29, 1.82) is 0 Å². The van der Waals surface area contributed by atoms with Crippen LogP contribution in [-0.4, -0.2) is 55.1 Å². The van der Waals surface area contributed by atoms with Gasteiger partial charge in [-0.25, -0.2) is 0 Å². The van der Waals surface area contributed by atoms with Crippen molar-refractivity contribution in [2.75, 3.05) is 44.3 Å². The largest absolute Gasteiger partial charge is 0.379 e. The van der Waals surface area contributed by atoms with Crippen molar-refractivity contribution in [3.8, 4) is 0 Å². The lowest BCUT2D eigenvalue weighted by Gasteiger charge is -2.27. The highest BCUT2D eigenvalue weighted by atomic mass is 16.6. The van der Waals surface area contributed by atoms with Crippen LogP contribution in [0, 0.1) is 10.1 Å². The molecule has 0 spiro atoms. The Morgan fingerprint density at radius 2 is 1.96 bits per heavy atom. The monoisotopic (exact) mass is 333 g/mol. The molecule has 1 aromatic carbocycles. The Labute approximate surface area is 141 Å². The number of hydrogen-bond donors (Lipinski definition) is 0. The zero-order chi connectivity index (χ0) is 17.3. The molecule has 24 heavy (non-hydrogen) atoms. The molecule has 130 valence electrons. The van der Waals surface area contributed by atoms with Gasteiger partial charge in [-0.2, -0.15) is 0 Å². The molecule has 0 radical (unpaired) electrons. The van der Waals surface area contributed by atoms with Crippen LogP contribution in [0.3, 0.4) is 0 Å². The summed E-state index contributed by atoms with van der Waals surface area (Å²) in [5.41, 5.74) is 0.857. The van der Waals surface area contributed by atoms with E-state index in [0.29, 0.717) is 6.54 Å². The van der Waals surface area contributed by atoms with Crippen molar-refractivity contribution in [2.24, 2.45) is 0 Å². The van der Waals surface area contributed by atoms with Gasteiger partial charge in [0.25, 0.3) is 5.69 Å². The van der Waals surface area contributed by atoms with Gasteiger partial charge >= 0.3 is 0 Å². The standard InChI is InChI=1S/C17H23N3O4/c1-17(2)14-12-13(20(22)23)4-5-15(14)19(16(17)21)7-3-6-18-8-10-24-11-9-18/h4-5,12H,3,6-11H2,1-2H3. The van der Waals surface area contributed by atoms with Gasteiger partial charge in [-0.05, 0) is 31.9 Å². The Balaban J connectivity index is 1.73. The summed E-state index contributed by atoms with van der Waals surface area (Å²) in [4.78, 5) is 27.5. The summed E-state index contributed by atoms with van der Waals surface area (Å²) in [7, 11) is 0. The van der Waals surface area contributed by atoms with Gasteiger partial charge in [0.2, 0.25) is 5.91 Å². The van der Waals surface area contributed by atoms with Crippen LogP contribution in [0.2, 0.25) is 0 Å². The molecule has 1 amide bonds. The molecule has 3 rings (SSSR count). The lowest BCUT2D eigenvalue weighted by atomic mass is 9.86. The van der Waals surface area contributed by atoms with Crippen molar-refractivity contribution in [3.63, 3.8) is 0 Å². The summed E-state index contributed by atoms with van der Waals surface area (Å²) in [6.07, 6.45) is 0.873. The number of carbonyl (C=O) groups excluding carboxylic acids is 1. The first-order chi connectivity index (χ1) is 11.4. The van der Waals surface area contributed by atoms with E-state index in [1.165, 1.54) is 12.1 Å². The third-order valence-electron chi connectivity index (χ3n) is 4.89. The minimum absolute atomic E-state index is 0.0139. The van der Waals surface area contributed by atoms with E-state index in [1.807, 2.05) is 13.8 Å². The number of amides is 1. The quantitative estimate of drug-likeness (QED) is 0.608. The minimum atomic E-state index is -0.722. The number of hydrogen-bond acceptors (Lipinski definition) is 5. The maximum Gasteiger partial charge on any atom is 0.269 e. The molecule has 7 heteroatoms. The Kier molecular flexibility index (Phi) is 4.56. The van der Waals surface area contributed by atoms with Gasteiger partial charge in [0.05, 0.1) is 23.6 Å². The summed E-state index contributed by atoms with van der Waals surface area (Å²) in [6, 6.07) is 4.71. The van der Waals surface area contributed by atoms with E-state index < -0.39 is 10.3 Å². The SMILES string of the molecule is CC1(C)C(=O)N(CCCN2CCOCC2)c2ccc([N+](=O)[O-])cc21. The maximum absolute atomic E-state index is 12.8. The van der Waals surface area contributed by atoms with E-state index in [1.54, 1.807) is 11.0 Å². The average molecular weight is 333 g/mol. The summed E-state index contributed by atoms with van der Waals surface area (Å²) in [5, 5.41) is 11.0. The van der Waals surface area contributed by atoms with Gasteiger partial charge in [0.15, 0.2) is 0 Å². The highest BCUT2D eigenvalue weighted by Crippen LogP contribution is 2.43. The van der Waals surface area contributed by atoms with Crippen LogP contribution < -0.4 is 4.90 Å². The molecule has 0 bridgehead atoms. The van der Waals surface area contributed by atoms with Crippen LogP contribution >= 0.6 is 0 Å². The molecule has 2 aliphatic rings. The van der Waals surface area contributed by atoms with Crippen molar-refractivity contribution >= 4 is 17.3 Å². The van der Waals surface area contributed by atoms with Crippen LogP contribution in [0.5, 0.6) is 0 Å². The van der Waals surface area contributed by atoms with Crippen molar-refractivity contribution in [3.05, 3.63) is 33.9 Å². The first-order valence-electron chi connectivity index (χ1n) is 8.32. The van der Waals surface area contributed by atoms with E-state index in [0.717, 1.165) is 50.5 Å². The van der Waals surface area contributed by atoms with E-state index in [9.17, 15) is 14.9 Å². The minimum Gasteiger partial charge on any atom is -0.379 e. The number of nitrogens with zero attached hydrogens (tertiary/aromatic N) is 3. The molecule has 0 aromatic heterocycles. The zero-order valence-electron chi connectivity index (χ0n) is 14.2. The van der Waals surface area contributed by atoms with Crippen LogP contribution in [0.4, 0.5) is 11.4 Å². The topological polar surface area (TPSA) is 75.9 Å². The number of nitro benzene ring substituents is 1. The number of carbonyl (C=O) groups is 1. The van der Waals surface area contributed by atoms with Crippen molar-refractivity contribution in [2.45, 2.75) is 25.7 Å². The second-order valence-corrected chi connectivity index (χ2v) is 6.85. The highest BCUT2D eigenvalue weighted by molar-refractivity contribution is 6.07. The van der Waals surface area contributed by atoms with Crippen LogP contribution in [-0.2, 0) is 14.9 Å². The maximum atomic E-state index is 12.8. The number of anilines is 1. The fourth-order valence-corrected chi connectivity index (χ4v) is 3.43. The zero-order valence-corrected chi connectivity index (χ0v) is 14.2. The van der Waals surface area contributed by atoms with Crippen LogP contribution in [0.15, 0.2) is 18.2 Å². The van der Waals surface area contributed by atoms with Gasteiger partial charge in [0.1, 0.15) is 0 Å². The lowest BCUT2D eigenvalue weighted by Crippen LogP contribution is -2.40. The molecule has 0 unspecified atom stereocenters. The van der Waals surface area contributed by atoms with Gasteiger partial charge in [-0.3, -0.25) is 19.8 Å². The molecule has 1 saturated heterocycles. The average Bonchev–Trinajstić information content (AvgIpc) is 2.76. The van der Waals surface area contributed by atoms with E-state index in [-0.39, 0.29) is 11.6 Å². The van der Waals surface area contributed by atoms with Crippen molar-refractivity contribution < 1.29 is 14.5 Å². The Bertz CT molecular complexity index is 653. The van der Waals surface area contributed by atoms with E-state index in [2.05, 4.69) is 4.90 Å². The Morgan fingerprint density at radius 1 is 1.25 bits per heavy atom. The number of morpholine rings is 1. The molecule has 7 nitrogen and oxygen atoms in total. The van der Waals surface area contributed by atoms with Crippen LogP contribution in [0.1, 0.15) is 25.8 Å². The summed E-state index contributed by atoms with van der Waals surface area (Å²) >= 11 is 0. The first-order valence-corrected chi connectivity index (χ1v) is 8.32. The molecule has 1 fully saturated rings. The third-order valence-corrected chi connectivity index (χ3v) is 4.89. The van der Waals surface area contributed by atoms with Gasteiger partial charge in [-0.15, -0.1) is 0 Å². The molecule has 1 aromatic rings. The molecule has 2 heterocycles. The summed E-state index contributed by atoms with van der Waals surface area (Å²) < 4.78 is 5.34. The predicted octanol–water partition coefficient (Wildman–Crippen LogP) is 1.94. The lowest BCUT2D eigenvalue weighted by molar-refractivity contribution is -0.384. The molecule has 2 aliphatic heterocycles. The number of fused-ring (bicyclic) bond motifs is 1. The smallest absolute Gasteiger partial charge is 0.269 e. The Hall–Kier alpha value is -1.99. The van der Waals surface area contributed by atoms with E-state index >= 15 is 0 Å². The second-order valence-electron chi connectivity index (χ2n) is 6.85. The number of rotatable bonds is 5. The number of non-ortho nitro benzene ring substituents is 1. The first kappa shape index (κ1) is 16.9. The van der Waals surface area contributed by atoms with E-state index in [4.69, 9.17) is 4.74 Å². The molecule has 0 saturated carbocycles. The molecule has 0 N–H and O–H groups in total. The molecule has 0 aliphatic carbocycles. The molecular weight excluding hydrogens is 310 g/mol. The predicted molar refractivity (Wildman–Crippen MR) is 90.4 cm³/mol. The van der Waals surface area contributed by atoms with Gasteiger partial charge in [-0.1, -0.05) is 0 Å². The van der Waals surface area contributed by atoms with Crippen LogP contribution in [0.25, 0.3) is 0 Å². The highest BCUT2D eigenvalue weighted by Gasteiger charge is 2.44. The number of ether oxygens (including phenoxy) is 1. The Morgan fingerprint density at radius 3 is 2.62 bits per heavy atom. The normalized spacial score (nSPS) is 20.2. The molecule has 0 atom stereocenters. The summed E-state index contributed by atoms with van der Waals surface area (Å²) in [6.45, 7) is 8.62. The second kappa shape index (κ2) is 6.49. The van der Waals surface area contributed by atoms with Gasteiger partial charge in [0, 0.05) is 44.0 Å². The number of benzene rings is 1. The summed E-state index contributed by atoms with van der Waals surface area (Å²) in [5.74, 6) is 0.0139. The van der Waals surface area contributed by atoms with Crippen molar-refractivity contribution in [1.82, 2.24) is 4.90 Å². The fourth-order valence-electron chi connectivity index (χ4n) is 3.43. The third kappa shape index (κ3) is 3.01. The fraction of sp³-hybridized carbons (Fsp3) is 0.588. The molecular formula is C17H23N3O4. The number of nitro groups is 1.